The Balaban J connectivity index is 1.92. The summed E-state index contributed by atoms with van der Waals surface area (Å²) in [6.45, 7) is 6.03. The zero-order chi connectivity index (χ0) is 29.7. The zero-order valence-corrected chi connectivity index (χ0v) is 24.4. The summed E-state index contributed by atoms with van der Waals surface area (Å²) >= 11 is 0. The topological polar surface area (TPSA) is 109 Å². The van der Waals surface area contributed by atoms with Crippen molar-refractivity contribution in [1.82, 2.24) is 7.42 Å². The monoisotopic (exact) mass is 608 g/mol. The lowest BCUT2D eigenvalue weighted by molar-refractivity contribution is 0.442. The van der Waals surface area contributed by atoms with E-state index in [1.807, 2.05) is 0 Å². The minimum atomic E-state index is -5.25. The van der Waals surface area contributed by atoms with Crippen LogP contribution in [0.4, 0.5) is 0 Å². The zero-order valence-electron chi connectivity index (χ0n) is 21.9. The van der Waals surface area contributed by atoms with Crippen molar-refractivity contribution in [2.45, 2.75) is 22.9 Å². The molecular formula is C30H28N2O6S3. The molecule has 4 rings (SSSR count). The van der Waals surface area contributed by atoms with Crippen LogP contribution in [0.1, 0.15) is 22.3 Å². The van der Waals surface area contributed by atoms with E-state index < -0.39 is 43.3 Å². The van der Waals surface area contributed by atoms with Crippen LogP contribution in [0.3, 0.4) is 0 Å². The lowest BCUT2D eigenvalue weighted by Crippen LogP contribution is -2.48. The van der Waals surface area contributed by atoms with Gasteiger partial charge in [0.1, 0.15) is 0 Å². The van der Waals surface area contributed by atoms with E-state index in [0.717, 1.165) is 0 Å². The minimum absolute atomic E-state index is 0.233. The van der Waals surface area contributed by atoms with Gasteiger partial charge >= 0.3 is 10.2 Å². The van der Waals surface area contributed by atoms with Crippen LogP contribution in [0.25, 0.3) is 12.2 Å². The Morgan fingerprint density at radius 2 is 0.805 bits per heavy atom. The third kappa shape index (κ3) is 6.55. The number of benzene rings is 4. The highest BCUT2D eigenvalue weighted by Gasteiger charge is 2.45. The van der Waals surface area contributed by atoms with Gasteiger partial charge in [0, 0.05) is 0 Å². The van der Waals surface area contributed by atoms with Crippen LogP contribution in [0.2, 0.25) is 0 Å². The highest BCUT2D eigenvalue weighted by Crippen LogP contribution is 2.30. The molecule has 0 heterocycles. The maximum absolute atomic E-state index is 14.4. The van der Waals surface area contributed by atoms with Gasteiger partial charge in [-0.2, -0.15) is 8.42 Å². The van der Waals surface area contributed by atoms with Gasteiger partial charge in [-0.1, -0.05) is 118 Å². The van der Waals surface area contributed by atoms with Crippen molar-refractivity contribution >= 4 is 42.4 Å². The van der Waals surface area contributed by atoms with Crippen molar-refractivity contribution in [1.29, 1.82) is 0 Å². The van der Waals surface area contributed by atoms with E-state index in [1.165, 1.54) is 60.7 Å². The van der Waals surface area contributed by atoms with E-state index in [2.05, 4.69) is 13.2 Å². The molecule has 0 amide bonds. The highest BCUT2D eigenvalue weighted by atomic mass is 32.3. The summed E-state index contributed by atoms with van der Waals surface area (Å²) in [5, 5.41) is 0. The second kappa shape index (κ2) is 12.3. The molecule has 212 valence electrons. The number of nitrogens with zero attached hydrogens (tertiary/aromatic N) is 2. The Kier molecular flexibility index (Phi) is 9.05. The van der Waals surface area contributed by atoms with Crippen molar-refractivity contribution in [2.24, 2.45) is 0 Å². The molecule has 0 bridgehead atoms. The van der Waals surface area contributed by atoms with Crippen LogP contribution in [0, 0.1) is 0 Å². The molecule has 0 atom stereocenters. The molecule has 0 aliphatic heterocycles. The maximum Gasteiger partial charge on any atom is 0.309 e. The molecule has 0 fully saturated rings. The number of hydrogen-bond donors (Lipinski definition) is 0. The van der Waals surface area contributed by atoms with Crippen molar-refractivity contribution in [3.63, 3.8) is 0 Å². The van der Waals surface area contributed by atoms with Gasteiger partial charge in [0.25, 0.3) is 20.0 Å². The van der Waals surface area contributed by atoms with Gasteiger partial charge < -0.3 is 0 Å². The van der Waals surface area contributed by atoms with Crippen LogP contribution in [-0.4, -0.2) is 32.7 Å². The van der Waals surface area contributed by atoms with Crippen LogP contribution < -0.4 is 0 Å². The molecule has 0 saturated carbocycles. The first-order valence-corrected chi connectivity index (χ1v) is 16.6. The fourth-order valence-corrected chi connectivity index (χ4v) is 9.94. The highest BCUT2D eigenvalue weighted by molar-refractivity contribution is 8.09. The van der Waals surface area contributed by atoms with Gasteiger partial charge in [0.2, 0.25) is 0 Å². The number of sulfonamides is 2. The van der Waals surface area contributed by atoms with E-state index in [0.29, 0.717) is 22.3 Å². The Labute approximate surface area is 241 Å². The second-order valence-corrected chi connectivity index (χ2v) is 14.9. The molecule has 0 spiro atoms. The molecule has 8 nitrogen and oxygen atoms in total. The summed E-state index contributed by atoms with van der Waals surface area (Å²) < 4.78 is 85.1. The Hall–Kier alpha value is -3.87. The van der Waals surface area contributed by atoms with Crippen LogP contribution in [-0.2, 0) is 43.3 Å². The lowest BCUT2D eigenvalue weighted by Gasteiger charge is -2.29. The first kappa shape index (κ1) is 30.1. The second-order valence-electron chi connectivity index (χ2n) is 8.90. The molecule has 11 heteroatoms. The quantitative estimate of drug-likeness (QED) is 0.216. The molecule has 0 N–H and O–H groups in total. The van der Waals surface area contributed by atoms with Crippen molar-refractivity contribution < 1.29 is 25.3 Å². The molecule has 0 aliphatic carbocycles. The average Bonchev–Trinajstić information content (AvgIpc) is 2.99. The molecule has 0 aromatic heterocycles. The van der Waals surface area contributed by atoms with Crippen LogP contribution in [0.15, 0.2) is 132 Å². The number of rotatable bonds is 12. The Bertz CT molecular complexity index is 1710. The van der Waals surface area contributed by atoms with E-state index in [9.17, 15) is 25.3 Å². The molecule has 4 aromatic rings. The van der Waals surface area contributed by atoms with E-state index >= 15 is 0 Å². The summed E-state index contributed by atoms with van der Waals surface area (Å²) in [6.07, 6.45) is 3.03. The van der Waals surface area contributed by atoms with Gasteiger partial charge in [-0.15, -0.1) is 0 Å². The fourth-order valence-electron chi connectivity index (χ4n) is 3.93. The van der Waals surface area contributed by atoms with Crippen molar-refractivity contribution in [3.8, 4) is 0 Å². The summed E-state index contributed by atoms with van der Waals surface area (Å²) in [5.41, 5.74) is 1.93. The SMILES string of the molecule is C=Cc1ccc(S(=O)(=O)N(Cc2ccccc2)S(=O)(=O)N(Cc2ccccc2)S(=O)(=O)c2ccc(C=C)cc2)cc1. The lowest BCUT2D eigenvalue weighted by atomic mass is 10.2. The Morgan fingerprint density at radius 3 is 1.10 bits per heavy atom. The third-order valence-corrected chi connectivity index (χ3v) is 12.8. The normalized spacial score (nSPS) is 12.3. The largest absolute Gasteiger partial charge is 0.309 e. The standard InChI is InChI=1S/C30H28N2O6S3/c1-3-25-15-19-29(20-16-25)39(33,34)31(23-27-11-7-5-8-12-27)41(37,38)32(24-28-13-9-6-10-14-28)40(35,36)30-21-17-26(4-2)18-22-30/h3-22H,1-2,23-24H2. The maximum atomic E-state index is 14.4. The predicted molar refractivity (Wildman–Crippen MR) is 160 cm³/mol. The van der Waals surface area contributed by atoms with E-state index in [1.54, 1.807) is 60.7 Å². The van der Waals surface area contributed by atoms with Gasteiger partial charge in [0.05, 0.1) is 22.9 Å². The smallest absolute Gasteiger partial charge is 0.206 e. The first-order valence-electron chi connectivity index (χ1n) is 12.3. The minimum Gasteiger partial charge on any atom is -0.206 e. The molecule has 0 unspecified atom stereocenters. The third-order valence-electron chi connectivity index (χ3n) is 6.19. The van der Waals surface area contributed by atoms with Gasteiger partial charge in [-0.25, -0.2) is 16.8 Å². The molecular weight excluding hydrogens is 581 g/mol. The first-order chi connectivity index (χ1) is 19.5. The molecule has 0 radical (unpaired) electrons. The van der Waals surface area contributed by atoms with Gasteiger partial charge in [-0.3, -0.25) is 0 Å². The summed E-state index contributed by atoms with van der Waals surface area (Å²) in [5.74, 6) is 0. The van der Waals surface area contributed by atoms with Crippen molar-refractivity contribution in [3.05, 3.63) is 145 Å². The predicted octanol–water partition coefficient (Wildman–Crippen LogP) is 5.30. The average molecular weight is 609 g/mol. The molecule has 4 aromatic carbocycles. The molecule has 0 aliphatic rings. The number of hydrogen-bond acceptors (Lipinski definition) is 6. The van der Waals surface area contributed by atoms with Gasteiger partial charge in [0.15, 0.2) is 0 Å². The van der Waals surface area contributed by atoms with E-state index in [4.69, 9.17) is 0 Å². The van der Waals surface area contributed by atoms with E-state index in [-0.39, 0.29) is 17.2 Å². The fraction of sp³-hybridized carbons (Fsp3) is 0.0667. The van der Waals surface area contributed by atoms with Crippen molar-refractivity contribution in [2.75, 3.05) is 0 Å². The summed E-state index contributed by atoms with van der Waals surface area (Å²) in [4.78, 5) is -0.648. The van der Waals surface area contributed by atoms with Gasteiger partial charge in [-0.05, 0) is 46.5 Å². The summed E-state index contributed by atoms with van der Waals surface area (Å²) in [6, 6.07) is 27.1. The Morgan fingerprint density at radius 1 is 0.488 bits per heavy atom. The summed E-state index contributed by atoms with van der Waals surface area (Å²) in [7, 11) is -14.8. The van der Waals surface area contributed by atoms with Crippen LogP contribution in [0.5, 0.6) is 0 Å². The van der Waals surface area contributed by atoms with Crippen LogP contribution >= 0.6 is 0 Å². The molecule has 0 saturated heterocycles. The molecule has 41 heavy (non-hydrogen) atoms.